The zero-order valence-electron chi connectivity index (χ0n) is 17.3. The minimum atomic E-state index is -0.425. The molecule has 2 heterocycles. The van der Waals surface area contributed by atoms with Crippen LogP contribution in [0.4, 0.5) is 11.4 Å². The van der Waals surface area contributed by atoms with E-state index in [1.165, 1.54) is 45.7 Å². The summed E-state index contributed by atoms with van der Waals surface area (Å²) in [6, 6.07) is 3.93. The largest absolute Gasteiger partial charge is 0.490 e. The van der Waals surface area contributed by atoms with Gasteiger partial charge >= 0.3 is 5.69 Å². The van der Waals surface area contributed by atoms with Crippen LogP contribution in [0.3, 0.4) is 0 Å². The lowest BCUT2D eigenvalue weighted by molar-refractivity contribution is -0.385. The van der Waals surface area contributed by atoms with E-state index in [1.807, 2.05) is 0 Å². The summed E-state index contributed by atoms with van der Waals surface area (Å²) in [5.41, 5.74) is 8.03. The summed E-state index contributed by atoms with van der Waals surface area (Å²) in [5, 5.41) is 11.5. The summed E-state index contributed by atoms with van der Waals surface area (Å²) in [5.74, 6) is 0.261. The Labute approximate surface area is 172 Å². The normalized spacial score (nSPS) is 19.7. The number of nitro groups is 1. The second-order valence-corrected chi connectivity index (χ2v) is 7.62. The number of aliphatic imine (C=N–C) groups is 1. The third-order valence-corrected chi connectivity index (χ3v) is 5.96. The fraction of sp³-hybridized carbons (Fsp3) is 0.571. The highest BCUT2D eigenvalue weighted by Crippen LogP contribution is 2.39. The molecular formula is C21H31N5O3. The van der Waals surface area contributed by atoms with E-state index >= 15 is 0 Å². The van der Waals surface area contributed by atoms with Crippen molar-refractivity contribution in [1.29, 1.82) is 0 Å². The Hall–Kier alpha value is -2.61. The summed E-state index contributed by atoms with van der Waals surface area (Å²) in [6.45, 7) is 4.20. The lowest BCUT2D eigenvalue weighted by Crippen LogP contribution is -2.46. The second-order valence-electron chi connectivity index (χ2n) is 7.62. The van der Waals surface area contributed by atoms with Crippen LogP contribution in [0.5, 0.6) is 5.75 Å². The number of rotatable bonds is 6. The first kappa shape index (κ1) is 21.1. The molecule has 0 unspecified atom stereocenters. The molecule has 0 spiro atoms. The summed E-state index contributed by atoms with van der Waals surface area (Å²) < 4.78 is 5.32. The summed E-state index contributed by atoms with van der Waals surface area (Å²) >= 11 is 0. The molecule has 1 aromatic carbocycles. The van der Waals surface area contributed by atoms with E-state index < -0.39 is 4.92 Å². The number of anilines is 1. The predicted octanol–water partition coefficient (Wildman–Crippen LogP) is 3.06. The minimum Gasteiger partial charge on any atom is -0.490 e. The number of hydrogen-bond acceptors (Lipinski definition) is 7. The van der Waals surface area contributed by atoms with Gasteiger partial charge in [0.25, 0.3) is 0 Å². The van der Waals surface area contributed by atoms with Gasteiger partial charge in [0.05, 0.1) is 12.0 Å². The number of piperidine rings is 2. The first-order valence-electron chi connectivity index (χ1n) is 10.3. The van der Waals surface area contributed by atoms with Gasteiger partial charge in [-0.05, 0) is 38.8 Å². The van der Waals surface area contributed by atoms with Crippen LogP contribution in [-0.2, 0) is 0 Å². The highest BCUT2D eigenvalue weighted by Gasteiger charge is 2.29. The maximum atomic E-state index is 11.5. The molecule has 2 aliphatic heterocycles. The van der Waals surface area contributed by atoms with Gasteiger partial charge in [-0.1, -0.05) is 6.42 Å². The molecule has 2 fully saturated rings. The van der Waals surface area contributed by atoms with Crippen LogP contribution in [0.15, 0.2) is 23.3 Å². The van der Waals surface area contributed by atoms with Crippen molar-refractivity contribution < 1.29 is 9.66 Å². The first-order chi connectivity index (χ1) is 14.1. The molecule has 0 radical (unpaired) electrons. The molecule has 1 aromatic rings. The Bertz CT molecular complexity index is 779. The van der Waals surface area contributed by atoms with E-state index in [4.69, 9.17) is 10.5 Å². The molecule has 0 aromatic heterocycles. The van der Waals surface area contributed by atoms with E-state index in [9.17, 15) is 10.1 Å². The highest BCUT2D eigenvalue weighted by atomic mass is 16.6. The van der Waals surface area contributed by atoms with Crippen molar-refractivity contribution in [3.05, 3.63) is 34.0 Å². The topological polar surface area (TPSA) is 97.2 Å². The number of nitrogens with two attached hydrogens (primary N) is 1. The van der Waals surface area contributed by atoms with E-state index in [0.717, 1.165) is 31.6 Å². The zero-order chi connectivity index (χ0) is 20.8. The van der Waals surface area contributed by atoms with Crippen LogP contribution >= 0.6 is 0 Å². The van der Waals surface area contributed by atoms with Gasteiger partial charge in [-0.3, -0.25) is 15.1 Å². The molecule has 0 aliphatic carbocycles. The van der Waals surface area contributed by atoms with Crippen molar-refractivity contribution in [3.63, 3.8) is 0 Å². The van der Waals surface area contributed by atoms with Crippen molar-refractivity contribution in [1.82, 2.24) is 4.90 Å². The van der Waals surface area contributed by atoms with Crippen LogP contribution in [0, 0.1) is 10.1 Å². The number of nitrogens with zero attached hydrogens (tertiary/aromatic N) is 4. The molecule has 158 valence electrons. The van der Waals surface area contributed by atoms with Crippen LogP contribution < -0.4 is 15.4 Å². The molecule has 0 amide bonds. The third-order valence-electron chi connectivity index (χ3n) is 5.96. The Morgan fingerprint density at radius 2 is 1.93 bits per heavy atom. The maximum Gasteiger partial charge on any atom is 0.311 e. The highest BCUT2D eigenvalue weighted by molar-refractivity contribution is 6.12. The van der Waals surface area contributed by atoms with Crippen molar-refractivity contribution in [2.75, 3.05) is 45.2 Å². The number of methoxy groups -OCH3 is 1. The average molecular weight is 402 g/mol. The number of hydrogen-bond donors (Lipinski definition) is 1. The van der Waals surface area contributed by atoms with Crippen molar-refractivity contribution >= 4 is 23.2 Å². The molecule has 8 heteroatoms. The maximum absolute atomic E-state index is 11.5. The molecule has 2 saturated heterocycles. The standard InChI is InChI=1S/C21H31N5O3/c1-23-15-16(14-22)18-12-20(26(27)28)21(29-2)13-19(18)25-10-6-17(7-11-25)24-8-4-3-5-9-24/h12-15,17H,3-11,22H2,1-2H3. The van der Waals surface area contributed by atoms with Crippen molar-refractivity contribution in [2.45, 2.75) is 38.1 Å². The number of allylic oxidation sites excluding steroid dienone is 1. The number of ether oxygens (including phenoxy) is 1. The molecule has 0 atom stereocenters. The van der Waals surface area contributed by atoms with E-state index in [1.54, 1.807) is 25.4 Å². The van der Waals surface area contributed by atoms with Gasteiger partial charge in [-0.2, -0.15) is 0 Å². The van der Waals surface area contributed by atoms with Crippen LogP contribution in [-0.4, -0.2) is 62.4 Å². The van der Waals surface area contributed by atoms with Crippen molar-refractivity contribution in [2.24, 2.45) is 10.7 Å². The fourth-order valence-electron chi connectivity index (χ4n) is 4.45. The van der Waals surface area contributed by atoms with Crippen LogP contribution in [0.2, 0.25) is 0 Å². The Kier molecular flexibility index (Phi) is 7.09. The lowest BCUT2D eigenvalue weighted by Gasteiger charge is -2.41. The second kappa shape index (κ2) is 9.73. The van der Waals surface area contributed by atoms with Crippen LogP contribution in [0.1, 0.15) is 37.7 Å². The monoisotopic (exact) mass is 401 g/mol. The zero-order valence-corrected chi connectivity index (χ0v) is 17.3. The van der Waals surface area contributed by atoms with Gasteiger partial charge in [0.15, 0.2) is 5.75 Å². The molecule has 3 rings (SSSR count). The SMILES string of the molecule is CN=CC(=CN)c1cc([N+](=O)[O-])c(OC)cc1N1CCC(N2CCCCC2)CC1. The Morgan fingerprint density at radius 1 is 1.24 bits per heavy atom. The molecule has 0 saturated carbocycles. The van der Waals surface area contributed by atoms with Gasteiger partial charge in [0.1, 0.15) is 0 Å². The molecule has 2 N–H and O–H groups in total. The smallest absolute Gasteiger partial charge is 0.311 e. The number of nitro benzene ring substituents is 1. The summed E-state index contributed by atoms with van der Waals surface area (Å²) in [6.07, 6.45) is 9.19. The predicted molar refractivity (Wildman–Crippen MR) is 117 cm³/mol. The van der Waals surface area contributed by atoms with Gasteiger partial charge in [-0.25, -0.2) is 0 Å². The average Bonchev–Trinajstić information content (AvgIpc) is 2.77. The first-order valence-corrected chi connectivity index (χ1v) is 10.3. The molecule has 8 nitrogen and oxygen atoms in total. The molecule has 0 bridgehead atoms. The minimum absolute atomic E-state index is 0.0710. The molecule has 29 heavy (non-hydrogen) atoms. The Morgan fingerprint density at radius 3 is 2.48 bits per heavy atom. The number of benzene rings is 1. The van der Waals surface area contributed by atoms with Crippen molar-refractivity contribution in [3.8, 4) is 5.75 Å². The van der Waals surface area contributed by atoms with Gasteiger partial charge in [0.2, 0.25) is 0 Å². The van der Waals surface area contributed by atoms with E-state index in [2.05, 4.69) is 14.8 Å². The van der Waals surface area contributed by atoms with Gasteiger partial charge < -0.3 is 20.3 Å². The molecule has 2 aliphatic rings. The lowest BCUT2D eigenvalue weighted by atomic mass is 9.97. The molecular weight excluding hydrogens is 370 g/mol. The van der Waals surface area contributed by atoms with E-state index in [0.29, 0.717) is 17.2 Å². The van der Waals surface area contributed by atoms with Gasteiger partial charge in [-0.15, -0.1) is 0 Å². The quantitative estimate of drug-likeness (QED) is 0.447. The third kappa shape index (κ3) is 4.70. The van der Waals surface area contributed by atoms with Gasteiger partial charge in [0, 0.05) is 67.6 Å². The Balaban J connectivity index is 1.90. The van der Waals surface area contributed by atoms with Crippen LogP contribution in [0.25, 0.3) is 5.57 Å². The number of likely N-dealkylation sites (tertiary alicyclic amines) is 1. The van der Waals surface area contributed by atoms with E-state index in [-0.39, 0.29) is 11.4 Å². The fourth-order valence-corrected chi connectivity index (χ4v) is 4.45. The summed E-state index contributed by atoms with van der Waals surface area (Å²) in [4.78, 5) is 20.1. The summed E-state index contributed by atoms with van der Waals surface area (Å²) in [7, 11) is 3.12.